The highest BCUT2D eigenvalue weighted by Crippen LogP contribution is 2.36. The van der Waals surface area contributed by atoms with Crippen LogP contribution >= 0.6 is 0 Å². The van der Waals surface area contributed by atoms with E-state index in [1.807, 2.05) is 42.7 Å². The fourth-order valence-electron chi connectivity index (χ4n) is 3.46. The zero-order valence-corrected chi connectivity index (χ0v) is 15.1. The highest BCUT2D eigenvalue weighted by Gasteiger charge is 2.20. The Hall–Kier alpha value is -3.40. The Morgan fingerprint density at radius 1 is 0.750 bits per heavy atom. The van der Waals surface area contributed by atoms with Crippen molar-refractivity contribution in [2.75, 3.05) is 0 Å². The van der Waals surface area contributed by atoms with Crippen molar-refractivity contribution in [1.29, 1.82) is 0 Å². The first kappa shape index (κ1) is 18.0. The molecule has 0 amide bonds. The van der Waals surface area contributed by atoms with E-state index in [0.29, 0.717) is 6.42 Å². The Balaban J connectivity index is 1.85. The molecule has 1 atom stereocenters. The fraction of sp³-hybridized carbons (Fsp3) is 0.0833. The first-order valence-corrected chi connectivity index (χ1v) is 9.05. The van der Waals surface area contributed by atoms with E-state index in [1.54, 1.807) is 24.5 Å². The molecule has 2 aromatic heterocycles. The molecule has 28 heavy (non-hydrogen) atoms. The minimum Gasteiger partial charge on any atom is -0.264 e. The van der Waals surface area contributed by atoms with Crippen molar-refractivity contribution in [3.05, 3.63) is 120 Å². The standard InChI is InChI=1S/C24H18F2N2/c25-20-7-5-18(6-8-20)24-14-21(26)9-10-22(24)23(19-4-2-12-28-16-19)13-17-3-1-11-27-15-17/h1-12,14-16,23H,13H2. The summed E-state index contributed by atoms with van der Waals surface area (Å²) in [4.78, 5) is 8.48. The van der Waals surface area contributed by atoms with Gasteiger partial charge in [0.2, 0.25) is 0 Å². The van der Waals surface area contributed by atoms with Crippen LogP contribution in [-0.4, -0.2) is 9.97 Å². The Bertz CT molecular complexity index is 1050. The molecule has 0 aliphatic carbocycles. The smallest absolute Gasteiger partial charge is 0.123 e. The second kappa shape index (κ2) is 8.09. The van der Waals surface area contributed by atoms with Gasteiger partial charge in [0, 0.05) is 30.7 Å². The van der Waals surface area contributed by atoms with Crippen LogP contribution in [0.15, 0.2) is 91.5 Å². The molecule has 0 fully saturated rings. The van der Waals surface area contributed by atoms with Gasteiger partial charge in [0.1, 0.15) is 11.6 Å². The maximum absolute atomic E-state index is 14.1. The van der Waals surface area contributed by atoms with E-state index in [9.17, 15) is 8.78 Å². The third kappa shape index (κ3) is 3.96. The number of rotatable bonds is 5. The largest absolute Gasteiger partial charge is 0.264 e. The number of hydrogen-bond donors (Lipinski definition) is 0. The highest BCUT2D eigenvalue weighted by molar-refractivity contribution is 5.69. The van der Waals surface area contributed by atoms with E-state index in [2.05, 4.69) is 9.97 Å². The number of aromatic nitrogens is 2. The molecule has 1 unspecified atom stereocenters. The molecule has 0 aliphatic rings. The third-order valence-electron chi connectivity index (χ3n) is 4.80. The Labute approximate surface area is 162 Å². The van der Waals surface area contributed by atoms with Crippen molar-refractivity contribution < 1.29 is 8.78 Å². The number of pyridine rings is 2. The van der Waals surface area contributed by atoms with Crippen molar-refractivity contribution in [1.82, 2.24) is 9.97 Å². The summed E-state index contributed by atoms with van der Waals surface area (Å²) >= 11 is 0. The SMILES string of the molecule is Fc1ccc(-c2cc(F)ccc2C(Cc2cccnc2)c2cccnc2)cc1. The van der Waals surface area contributed by atoms with Crippen LogP contribution in [0.3, 0.4) is 0 Å². The van der Waals surface area contributed by atoms with E-state index in [0.717, 1.165) is 27.8 Å². The quantitative estimate of drug-likeness (QED) is 0.443. The van der Waals surface area contributed by atoms with Crippen molar-refractivity contribution in [3.63, 3.8) is 0 Å². The van der Waals surface area contributed by atoms with Crippen LogP contribution < -0.4 is 0 Å². The van der Waals surface area contributed by atoms with Gasteiger partial charge in [-0.2, -0.15) is 0 Å². The van der Waals surface area contributed by atoms with Gasteiger partial charge in [-0.1, -0.05) is 30.3 Å². The average Bonchev–Trinajstić information content (AvgIpc) is 2.74. The van der Waals surface area contributed by atoms with E-state index in [-0.39, 0.29) is 17.6 Å². The van der Waals surface area contributed by atoms with E-state index >= 15 is 0 Å². The number of halogens is 2. The van der Waals surface area contributed by atoms with Crippen LogP contribution in [0.2, 0.25) is 0 Å². The lowest BCUT2D eigenvalue weighted by Crippen LogP contribution is -2.08. The zero-order valence-electron chi connectivity index (χ0n) is 15.1. The van der Waals surface area contributed by atoms with Crippen LogP contribution in [0.25, 0.3) is 11.1 Å². The fourth-order valence-corrected chi connectivity index (χ4v) is 3.46. The Morgan fingerprint density at radius 2 is 1.46 bits per heavy atom. The second-order valence-corrected chi connectivity index (χ2v) is 6.64. The lowest BCUT2D eigenvalue weighted by atomic mass is 9.83. The van der Waals surface area contributed by atoms with Gasteiger partial charge in [0.15, 0.2) is 0 Å². The predicted molar refractivity (Wildman–Crippen MR) is 106 cm³/mol. The number of hydrogen-bond acceptors (Lipinski definition) is 2. The minimum atomic E-state index is -0.325. The van der Waals surface area contributed by atoms with Crippen molar-refractivity contribution in [3.8, 4) is 11.1 Å². The molecule has 4 heteroatoms. The monoisotopic (exact) mass is 372 g/mol. The van der Waals surface area contributed by atoms with Gasteiger partial charge in [-0.15, -0.1) is 0 Å². The van der Waals surface area contributed by atoms with Crippen molar-refractivity contribution >= 4 is 0 Å². The van der Waals surface area contributed by atoms with Crippen LogP contribution in [0.1, 0.15) is 22.6 Å². The maximum atomic E-state index is 14.1. The number of benzene rings is 2. The molecule has 0 spiro atoms. The molecule has 2 aromatic carbocycles. The molecular weight excluding hydrogens is 354 g/mol. The van der Waals surface area contributed by atoms with Gasteiger partial charge in [0.05, 0.1) is 0 Å². The summed E-state index contributed by atoms with van der Waals surface area (Å²) in [5.74, 6) is -0.686. The van der Waals surface area contributed by atoms with Crippen molar-refractivity contribution in [2.45, 2.75) is 12.3 Å². The normalized spacial score (nSPS) is 11.9. The molecule has 4 aromatic rings. The third-order valence-corrected chi connectivity index (χ3v) is 4.80. The van der Waals surface area contributed by atoms with Gasteiger partial charge in [-0.25, -0.2) is 8.78 Å². The first-order valence-electron chi connectivity index (χ1n) is 9.05. The predicted octanol–water partition coefficient (Wildman–Crippen LogP) is 5.80. The first-order chi connectivity index (χ1) is 13.7. The van der Waals surface area contributed by atoms with Crippen LogP contribution in [0.5, 0.6) is 0 Å². The molecule has 138 valence electrons. The summed E-state index contributed by atoms with van der Waals surface area (Å²) in [7, 11) is 0. The molecule has 0 radical (unpaired) electrons. The molecule has 4 rings (SSSR count). The average molecular weight is 372 g/mol. The molecule has 0 bridgehead atoms. The summed E-state index contributed by atoms with van der Waals surface area (Å²) in [6.07, 6.45) is 7.84. The topological polar surface area (TPSA) is 25.8 Å². The summed E-state index contributed by atoms with van der Waals surface area (Å²) in [5, 5.41) is 0. The maximum Gasteiger partial charge on any atom is 0.123 e. The van der Waals surface area contributed by atoms with Crippen LogP contribution in [0.4, 0.5) is 8.78 Å². The second-order valence-electron chi connectivity index (χ2n) is 6.64. The zero-order chi connectivity index (χ0) is 19.3. The highest BCUT2D eigenvalue weighted by atomic mass is 19.1. The Kier molecular flexibility index (Phi) is 5.20. The molecule has 0 saturated carbocycles. The summed E-state index contributed by atoms with van der Waals surface area (Å²) < 4.78 is 27.5. The summed E-state index contributed by atoms with van der Waals surface area (Å²) in [6.45, 7) is 0. The summed E-state index contributed by atoms with van der Waals surface area (Å²) in [5.41, 5.74) is 4.59. The van der Waals surface area contributed by atoms with Gasteiger partial charge >= 0.3 is 0 Å². The van der Waals surface area contributed by atoms with Gasteiger partial charge in [-0.3, -0.25) is 9.97 Å². The molecule has 0 aliphatic heterocycles. The number of nitrogens with zero attached hydrogens (tertiary/aromatic N) is 2. The van der Waals surface area contributed by atoms with E-state index < -0.39 is 0 Å². The van der Waals surface area contributed by atoms with Gasteiger partial charge in [0.25, 0.3) is 0 Å². The van der Waals surface area contributed by atoms with E-state index in [4.69, 9.17) is 0 Å². The van der Waals surface area contributed by atoms with Crippen LogP contribution in [0, 0.1) is 11.6 Å². The molecule has 0 saturated heterocycles. The van der Waals surface area contributed by atoms with Gasteiger partial charge < -0.3 is 0 Å². The van der Waals surface area contributed by atoms with Crippen LogP contribution in [-0.2, 0) is 6.42 Å². The lowest BCUT2D eigenvalue weighted by molar-refractivity contribution is 0.626. The molecule has 2 heterocycles. The Morgan fingerprint density at radius 3 is 2.14 bits per heavy atom. The van der Waals surface area contributed by atoms with Gasteiger partial charge in [-0.05, 0) is 70.6 Å². The van der Waals surface area contributed by atoms with E-state index in [1.165, 1.54) is 24.3 Å². The molecule has 2 nitrogen and oxygen atoms in total. The minimum absolute atomic E-state index is 0.0430. The summed E-state index contributed by atoms with van der Waals surface area (Å²) in [6, 6.07) is 18.8. The molecular formula is C24H18F2N2. The lowest BCUT2D eigenvalue weighted by Gasteiger charge is -2.21. The molecule has 0 N–H and O–H groups in total. The van der Waals surface area contributed by atoms with Crippen molar-refractivity contribution in [2.24, 2.45) is 0 Å².